The van der Waals surface area contributed by atoms with E-state index in [2.05, 4.69) is 106 Å². The highest BCUT2D eigenvalue weighted by Crippen LogP contribution is 2.19. The molecule has 9 heterocycles. The van der Waals surface area contributed by atoms with Crippen molar-refractivity contribution in [1.82, 2.24) is 30.7 Å². The Hall–Kier alpha value is -7.74. The first-order valence-corrected chi connectivity index (χ1v) is 13.2. The lowest BCUT2D eigenvalue weighted by Crippen LogP contribution is -2.53. The Morgan fingerprint density at radius 1 is 0.362 bits per heavy atom. The molecule has 0 saturated carbocycles. The van der Waals surface area contributed by atoms with Gasteiger partial charge >= 0.3 is 0 Å². The predicted octanol–water partition coefficient (Wildman–Crippen LogP) is -5.24. The zero-order valence-electron chi connectivity index (χ0n) is 23.6. The summed E-state index contributed by atoms with van der Waals surface area (Å²) in [6.07, 6.45) is 0. The van der Waals surface area contributed by atoms with Gasteiger partial charge in [-0.3, -0.25) is 10.6 Å². The number of hydrogen-bond donors (Lipinski definition) is 6. The van der Waals surface area contributed by atoms with E-state index in [4.69, 9.17) is 17.2 Å². The van der Waals surface area contributed by atoms with E-state index in [1.165, 1.54) is 14.7 Å². The highest BCUT2D eigenvalue weighted by atomic mass is 15.6. The molecule has 0 amide bonds. The van der Waals surface area contributed by atoms with Crippen LogP contribution in [0.25, 0.3) is 0 Å². The second kappa shape index (κ2) is 9.13. The number of nitrogens with zero attached hydrogens (tertiary/aromatic N) is 21. The summed E-state index contributed by atoms with van der Waals surface area (Å²) in [7, 11) is 1.65. The van der Waals surface area contributed by atoms with E-state index in [9.17, 15) is 0 Å². The molecule has 47 heavy (non-hydrogen) atoms. The minimum absolute atomic E-state index is 0.00535. The normalized spacial score (nSPS) is 23.0. The SMILES string of the molecule is CNC1=NC2=NC(NC3=NC4=NC(NC5=NC6=NC(C)=NC7=NC(N)=NC(=N5)N67)=NC5=NC(N)=NC(=N3)N54)=NC3=NC(N)=NC(=N1)N32. The third-order valence-corrected chi connectivity index (χ3v) is 6.34. The monoisotopic (exact) mass is 633 g/mol. The van der Waals surface area contributed by atoms with Gasteiger partial charge in [0.15, 0.2) is 0 Å². The lowest BCUT2D eigenvalue weighted by atomic mass is 10.5. The first kappa shape index (κ1) is 25.7. The van der Waals surface area contributed by atoms with E-state index in [0.717, 1.165) is 0 Å². The fourth-order valence-electron chi connectivity index (χ4n) is 4.54. The van der Waals surface area contributed by atoms with Crippen molar-refractivity contribution in [2.75, 3.05) is 7.05 Å². The standard InChI is InChI=1S/C20H15N27/c1-3-25-12-27-4(21)29-15-38-8(37-13(26-3)45(12)15)33-10-40-17-31-6(23)32-18-41-11(44-20(43-10)47(17)18)34-9-39-16-30-5(22)28-14-35-7(24-2)36-19(42-9)46(14)16/h1-2H3,(H9,21,22,23,24,25,26,27,28,29,30,31,32,33,34,35,36,37,38,39,40,41,42,43,44). The highest BCUT2D eigenvalue weighted by molar-refractivity contribution is 6.35. The average Bonchev–Trinajstić information content (AvgIpc) is 2.99. The van der Waals surface area contributed by atoms with Crippen LogP contribution in [0, 0.1) is 0 Å². The first-order valence-electron chi connectivity index (χ1n) is 13.2. The number of nitrogens with two attached hydrogens (primary N) is 3. The van der Waals surface area contributed by atoms with Gasteiger partial charge in [-0.2, -0.15) is 89.9 Å². The molecule has 0 bridgehead atoms. The van der Waals surface area contributed by atoms with Gasteiger partial charge in [-0.05, 0) is 6.92 Å². The van der Waals surface area contributed by atoms with Gasteiger partial charge in [-0.25, -0.2) is 14.7 Å². The van der Waals surface area contributed by atoms with Crippen LogP contribution in [0.5, 0.6) is 0 Å². The Morgan fingerprint density at radius 2 is 0.660 bits per heavy atom. The van der Waals surface area contributed by atoms with Crippen LogP contribution in [-0.4, -0.2) is 129 Å². The van der Waals surface area contributed by atoms with Crippen LogP contribution in [0.1, 0.15) is 6.92 Å². The summed E-state index contributed by atoms with van der Waals surface area (Å²) >= 11 is 0. The second-order valence-electron chi connectivity index (χ2n) is 9.46. The van der Waals surface area contributed by atoms with Crippen LogP contribution < -0.4 is 33.2 Å². The molecule has 9 N–H and O–H groups in total. The van der Waals surface area contributed by atoms with Crippen LogP contribution in [0.2, 0.25) is 0 Å². The Labute approximate surface area is 259 Å². The van der Waals surface area contributed by atoms with Crippen molar-refractivity contribution in [3.05, 3.63) is 0 Å². The summed E-state index contributed by atoms with van der Waals surface area (Å²) < 4.78 is 0. The fourth-order valence-corrected chi connectivity index (χ4v) is 4.54. The minimum Gasteiger partial charge on any atom is -0.368 e. The zero-order valence-corrected chi connectivity index (χ0v) is 23.6. The molecule has 0 atom stereocenters. The number of guanidine groups is 17. The van der Waals surface area contributed by atoms with Crippen molar-refractivity contribution in [2.24, 2.45) is 107 Å². The summed E-state index contributed by atoms with van der Waals surface area (Å²) in [6.45, 7) is 1.69. The molecule has 0 radical (unpaired) electrons. The van der Waals surface area contributed by atoms with Crippen LogP contribution in [0.4, 0.5) is 0 Å². The van der Waals surface area contributed by atoms with Gasteiger partial charge in [0.05, 0.1) is 0 Å². The minimum atomic E-state index is -0.114. The first-order chi connectivity index (χ1) is 22.8. The Balaban J connectivity index is 1.05. The quantitative estimate of drug-likeness (QED) is 0.148. The number of nitrogens with one attached hydrogen (secondary N) is 3. The summed E-state index contributed by atoms with van der Waals surface area (Å²) in [4.78, 5) is 82.0. The maximum absolute atomic E-state index is 5.99. The molecular weight excluding hydrogens is 618 g/mol. The maximum Gasteiger partial charge on any atom is 0.246 e. The summed E-state index contributed by atoms with van der Waals surface area (Å²) in [5.41, 5.74) is 17.7. The molecule has 9 aliphatic rings. The van der Waals surface area contributed by atoms with Gasteiger partial charge in [0.25, 0.3) is 0 Å². The molecule has 0 unspecified atom stereocenters. The van der Waals surface area contributed by atoms with Crippen molar-refractivity contribution in [3.8, 4) is 0 Å². The number of hydrogen-bond acceptors (Lipinski definition) is 27. The van der Waals surface area contributed by atoms with Gasteiger partial charge in [-0.15, -0.1) is 0 Å². The van der Waals surface area contributed by atoms with E-state index in [0.29, 0.717) is 5.84 Å². The second-order valence-corrected chi connectivity index (χ2v) is 9.46. The van der Waals surface area contributed by atoms with E-state index in [-0.39, 0.29) is 101 Å². The van der Waals surface area contributed by atoms with Crippen LogP contribution in [0.3, 0.4) is 0 Å². The van der Waals surface area contributed by atoms with Gasteiger partial charge < -0.3 is 22.5 Å². The molecule has 0 saturated heterocycles. The van der Waals surface area contributed by atoms with E-state index < -0.39 is 0 Å². The smallest absolute Gasteiger partial charge is 0.246 e. The highest BCUT2D eigenvalue weighted by Gasteiger charge is 2.38. The van der Waals surface area contributed by atoms with Crippen molar-refractivity contribution in [1.29, 1.82) is 0 Å². The molecule has 0 aromatic heterocycles. The summed E-state index contributed by atoms with van der Waals surface area (Å²) in [5, 5.41) is 8.70. The van der Waals surface area contributed by atoms with Crippen molar-refractivity contribution < 1.29 is 0 Å². The molecule has 9 rings (SSSR count). The van der Waals surface area contributed by atoms with Crippen LogP contribution >= 0.6 is 0 Å². The Bertz CT molecular complexity index is 2210. The molecule has 0 fully saturated rings. The van der Waals surface area contributed by atoms with Gasteiger partial charge in [0.2, 0.25) is 101 Å². The average molecular weight is 634 g/mol. The molecule has 9 aliphatic heterocycles. The molecule has 0 aliphatic carbocycles. The molecule has 0 aromatic carbocycles. The molecule has 230 valence electrons. The lowest BCUT2D eigenvalue weighted by molar-refractivity contribution is 0.812. The predicted molar refractivity (Wildman–Crippen MR) is 173 cm³/mol. The Kier molecular flexibility index (Phi) is 5.00. The van der Waals surface area contributed by atoms with Gasteiger partial charge in [-0.1, -0.05) is 0 Å². The summed E-state index contributed by atoms with van der Waals surface area (Å²) in [6, 6.07) is 0. The molecule has 0 spiro atoms. The van der Waals surface area contributed by atoms with Crippen LogP contribution in [-0.2, 0) is 0 Å². The summed E-state index contributed by atoms with van der Waals surface area (Å²) in [5.74, 6) is 1.77. The third-order valence-electron chi connectivity index (χ3n) is 6.34. The molecular formula is C20H15N27. The third kappa shape index (κ3) is 4.14. The van der Waals surface area contributed by atoms with E-state index >= 15 is 0 Å². The number of rotatable bonds is 0. The lowest BCUT2D eigenvalue weighted by Gasteiger charge is -2.31. The molecule has 0 aromatic rings. The topological polar surface area (TPSA) is 346 Å². The molecule has 27 nitrogen and oxygen atoms in total. The van der Waals surface area contributed by atoms with E-state index in [1.54, 1.807) is 14.0 Å². The fraction of sp³-hybridized carbons (Fsp3) is 0.100. The largest absolute Gasteiger partial charge is 0.368 e. The van der Waals surface area contributed by atoms with Crippen molar-refractivity contribution >= 4 is 107 Å². The number of aliphatic imine (C=N–C) groups is 18. The number of amidine groups is 1. The van der Waals surface area contributed by atoms with E-state index in [1.807, 2.05) is 0 Å². The van der Waals surface area contributed by atoms with Crippen molar-refractivity contribution in [2.45, 2.75) is 6.92 Å². The molecule has 27 heteroatoms. The maximum atomic E-state index is 5.99. The van der Waals surface area contributed by atoms with Crippen molar-refractivity contribution in [3.63, 3.8) is 0 Å². The Morgan fingerprint density at radius 3 is 1.06 bits per heavy atom. The van der Waals surface area contributed by atoms with Crippen LogP contribution in [0.15, 0.2) is 89.9 Å². The zero-order chi connectivity index (χ0) is 32.0. The van der Waals surface area contributed by atoms with Gasteiger partial charge in [0.1, 0.15) is 5.84 Å². The van der Waals surface area contributed by atoms with Gasteiger partial charge in [0, 0.05) is 7.05 Å².